The van der Waals surface area contributed by atoms with E-state index in [0.29, 0.717) is 17.4 Å². The SMILES string of the molecule is Cc1oc(Cl)c(C)c1C/C(N)=N/O. The van der Waals surface area contributed by atoms with Gasteiger partial charge in [0.2, 0.25) is 0 Å². The highest BCUT2D eigenvalue weighted by Crippen LogP contribution is 2.25. The fraction of sp³-hybridized carbons (Fsp3) is 0.375. The fourth-order valence-electron chi connectivity index (χ4n) is 1.13. The van der Waals surface area contributed by atoms with Crippen LogP contribution in [-0.4, -0.2) is 11.0 Å². The lowest BCUT2D eigenvalue weighted by Gasteiger charge is -1.97. The zero-order chi connectivity index (χ0) is 10.0. The van der Waals surface area contributed by atoms with E-state index in [0.717, 1.165) is 11.1 Å². The summed E-state index contributed by atoms with van der Waals surface area (Å²) in [6.45, 7) is 3.62. The summed E-state index contributed by atoms with van der Waals surface area (Å²) in [5.41, 5.74) is 7.08. The van der Waals surface area contributed by atoms with Crippen molar-refractivity contribution < 1.29 is 9.62 Å². The Labute approximate surface area is 81.0 Å². The number of rotatable bonds is 2. The molecule has 1 heterocycles. The molecule has 1 aromatic heterocycles. The van der Waals surface area contributed by atoms with Crippen LogP contribution >= 0.6 is 11.6 Å². The molecule has 0 atom stereocenters. The van der Waals surface area contributed by atoms with Gasteiger partial charge < -0.3 is 15.4 Å². The monoisotopic (exact) mass is 202 g/mol. The molecular weight excluding hydrogens is 192 g/mol. The second-order valence-corrected chi connectivity index (χ2v) is 3.15. The lowest BCUT2D eigenvalue weighted by molar-refractivity contribution is 0.317. The average Bonchev–Trinajstić information content (AvgIpc) is 2.32. The number of nitrogens with zero attached hydrogens (tertiary/aromatic N) is 1. The first-order chi connectivity index (χ1) is 6.06. The number of oxime groups is 1. The smallest absolute Gasteiger partial charge is 0.196 e. The molecule has 0 bridgehead atoms. The summed E-state index contributed by atoms with van der Waals surface area (Å²) >= 11 is 5.75. The molecule has 1 rings (SSSR count). The number of furan rings is 1. The predicted octanol–water partition coefficient (Wildman–Crippen LogP) is 1.84. The first-order valence-electron chi connectivity index (χ1n) is 3.77. The summed E-state index contributed by atoms with van der Waals surface area (Å²) < 4.78 is 5.16. The van der Waals surface area contributed by atoms with Crippen LogP contribution in [0.4, 0.5) is 0 Å². The summed E-state index contributed by atoms with van der Waals surface area (Å²) in [4.78, 5) is 0. The van der Waals surface area contributed by atoms with Gasteiger partial charge in [-0.2, -0.15) is 0 Å². The van der Waals surface area contributed by atoms with Gasteiger partial charge in [0.25, 0.3) is 0 Å². The molecule has 5 heteroatoms. The highest BCUT2D eigenvalue weighted by molar-refractivity contribution is 6.29. The Morgan fingerprint density at radius 3 is 2.62 bits per heavy atom. The fourth-order valence-corrected chi connectivity index (χ4v) is 1.36. The van der Waals surface area contributed by atoms with Crippen LogP contribution in [-0.2, 0) is 6.42 Å². The van der Waals surface area contributed by atoms with Gasteiger partial charge in [-0.1, -0.05) is 5.16 Å². The molecule has 4 nitrogen and oxygen atoms in total. The number of halogens is 1. The van der Waals surface area contributed by atoms with E-state index in [1.165, 1.54) is 0 Å². The van der Waals surface area contributed by atoms with Gasteiger partial charge in [0.1, 0.15) is 11.6 Å². The molecule has 0 radical (unpaired) electrons. The maximum Gasteiger partial charge on any atom is 0.196 e. The minimum absolute atomic E-state index is 0.142. The largest absolute Gasteiger partial charge is 0.449 e. The molecule has 0 amide bonds. The Balaban J connectivity index is 3.00. The minimum Gasteiger partial charge on any atom is -0.449 e. The number of aryl methyl sites for hydroxylation is 1. The van der Waals surface area contributed by atoms with Gasteiger partial charge in [-0.3, -0.25) is 0 Å². The number of hydrogen-bond acceptors (Lipinski definition) is 3. The van der Waals surface area contributed by atoms with Crippen LogP contribution in [0.3, 0.4) is 0 Å². The molecule has 0 aromatic carbocycles. The second kappa shape index (κ2) is 3.70. The van der Waals surface area contributed by atoms with Crippen molar-refractivity contribution in [2.24, 2.45) is 10.9 Å². The van der Waals surface area contributed by atoms with E-state index in [1.807, 2.05) is 6.92 Å². The molecule has 3 N–H and O–H groups in total. The lowest BCUT2D eigenvalue weighted by Crippen LogP contribution is -2.15. The summed E-state index contributed by atoms with van der Waals surface area (Å²) in [6.07, 6.45) is 0.352. The van der Waals surface area contributed by atoms with Gasteiger partial charge in [-0.15, -0.1) is 0 Å². The zero-order valence-corrected chi connectivity index (χ0v) is 8.22. The standard InChI is InChI=1S/C8H11ClN2O2/c1-4-6(3-7(10)11-12)5(2)13-8(4)9/h12H,3H2,1-2H3,(H2,10,11). The Morgan fingerprint density at radius 1 is 1.62 bits per heavy atom. The first-order valence-corrected chi connectivity index (χ1v) is 4.14. The molecular formula is C8H11ClN2O2. The third-order valence-corrected chi connectivity index (χ3v) is 2.26. The summed E-state index contributed by atoms with van der Waals surface area (Å²) in [5.74, 6) is 0.845. The summed E-state index contributed by atoms with van der Waals surface area (Å²) in [5, 5.41) is 11.6. The van der Waals surface area contributed by atoms with E-state index in [2.05, 4.69) is 5.16 Å². The van der Waals surface area contributed by atoms with Crippen LogP contribution in [0.25, 0.3) is 0 Å². The van der Waals surface area contributed by atoms with Crippen molar-refractivity contribution >= 4 is 17.4 Å². The van der Waals surface area contributed by atoms with Crippen LogP contribution in [0.1, 0.15) is 16.9 Å². The van der Waals surface area contributed by atoms with Gasteiger partial charge in [0.15, 0.2) is 5.22 Å². The van der Waals surface area contributed by atoms with E-state index in [1.54, 1.807) is 6.92 Å². The molecule has 0 aliphatic carbocycles. The van der Waals surface area contributed by atoms with Gasteiger partial charge in [0.05, 0.1) is 0 Å². The van der Waals surface area contributed by atoms with E-state index < -0.39 is 0 Å². The Kier molecular flexibility index (Phi) is 2.83. The van der Waals surface area contributed by atoms with Crippen molar-refractivity contribution in [3.05, 3.63) is 22.1 Å². The minimum atomic E-state index is 0.142. The molecule has 72 valence electrons. The Hall–Kier alpha value is -1.16. The molecule has 0 aliphatic rings. The Bertz CT molecular complexity index is 344. The zero-order valence-electron chi connectivity index (χ0n) is 7.47. The van der Waals surface area contributed by atoms with E-state index in [4.69, 9.17) is 27.0 Å². The topological polar surface area (TPSA) is 71.8 Å². The summed E-state index contributed by atoms with van der Waals surface area (Å²) in [7, 11) is 0. The van der Waals surface area contributed by atoms with Crippen LogP contribution in [0.2, 0.25) is 5.22 Å². The number of amidine groups is 1. The molecule has 13 heavy (non-hydrogen) atoms. The van der Waals surface area contributed by atoms with Crippen LogP contribution in [0.5, 0.6) is 0 Å². The van der Waals surface area contributed by atoms with Gasteiger partial charge in [0, 0.05) is 17.5 Å². The molecule has 0 saturated heterocycles. The third kappa shape index (κ3) is 1.95. The van der Waals surface area contributed by atoms with Crippen molar-refractivity contribution in [2.45, 2.75) is 20.3 Å². The number of nitrogens with two attached hydrogens (primary N) is 1. The lowest BCUT2D eigenvalue weighted by atomic mass is 10.1. The van der Waals surface area contributed by atoms with Crippen molar-refractivity contribution in [3.63, 3.8) is 0 Å². The van der Waals surface area contributed by atoms with Crippen molar-refractivity contribution in [3.8, 4) is 0 Å². The third-order valence-electron chi connectivity index (χ3n) is 1.90. The summed E-state index contributed by atoms with van der Waals surface area (Å²) in [6, 6.07) is 0. The quantitative estimate of drug-likeness (QED) is 0.333. The molecule has 0 spiro atoms. The van der Waals surface area contributed by atoms with Crippen molar-refractivity contribution in [1.29, 1.82) is 0 Å². The molecule has 0 unspecified atom stereocenters. The predicted molar refractivity (Wildman–Crippen MR) is 50.3 cm³/mol. The van der Waals surface area contributed by atoms with Crippen molar-refractivity contribution in [1.82, 2.24) is 0 Å². The van der Waals surface area contributed by atoms with Crippen LogP contribution in [0, 0.1) is 13.8 Å². The van der Waals surface area contributed by atoms with E-state index in [9.17, 15) is 0 Å². The molecule has 1 aromatic rings. The molecule has 0 fully saturated rings. The molecule has 0 saturated carbocycles. The highest BCUT2D eigenvalue weighted by Gasteiger charge is 2.13. The van der Waals surface area contributed by atoms with E-state index in [-0.39, 0.29) is 5.84 Å². The van der Waals surface area contributed by atoms with Gasteiger partial charge in [-0.05, 0) is 25.4 Å². The average molecular weight is 203 g/mol. The number of hydrogen-bond donors (Lipinski definition) is 2. The van der Waals surface area contributed by atoms with Crippen LogP contribution < -0.4 is 5.73 Å². The molecule has 0 aliphatic heterocycles. The van der Waals surface area contributed by atoms with Gasteiger partial charge in [-0.25, -0.2) is 0 Å². The maximum atomic E-state index is 8.38. The first kappa shape index (κ1) is 9.92. The highest BCUT2D eigenvalue weighted by atomic mass is 35.5. The second-order valence-electron chi connectivity index (χ2n) is 2.80. The normalized spacial score (nSPS) is 12.1. The maximum absolute atomic E-state index is 8.38. The van der Waals surface area contributed by atoms with Gasteiger partial charge >= 0.3 is 0 Å². The van der Waals surface area contributed by atoms with Crippen molar-refractivity contribution in [2.75, 3.05) is 0 Å². The van der Waals surface area contributed by atoms with E-state index >= 15 is 0 Å². The van der Waals surface area contributed by atoms with Crippen LogP contribution in [0.15, 0.2) is 9.57 Å². The Morgan fingerprint density at radius 2 is 2.23 bits per heavy atom.